The molecule has 0 radical (unpaired) electrons. The summed E-state index contributed by atoms with van der Waals surface area (Å²) in [4.78, 5) is 0. The molecule has 0 fully saturated rings. The number of benzene rings is 2. The minimum atomic E-state index is -0.363. The number of nitrogens with two attached hydrogens (primary N) is 1. The van der Waals surface area contributed by atoms with Gasteiger partial charge >= 0.3 is 0 Å². The molecule has 0 spiro atoms. The van der Waals surface area contributed by atoms with Gasteiger partial charge < -0.3 is 11.1 Å². The van der Waals surface area contributed by atoms with E-state index in [9.17, 15) is 4.39 Å². The molecule has 0 aliphatic heterocycles. The number of halogens is 3. The highest BCUT2D eigenvalue weighted by Gasteiger charge is 2.06. The fraction of sp³-hybridized carbons (Fsp3) is 0. The van der Waals surface area contributed by atoms with Crippen molar-refractivity contribution >= 4 is 44.6 Å². The molecule has 17 heavy (non-hydrogen) atoms. The minimum Gasteiger partial charge on any atom is -0.397 e. The Bertz CT molecular complexity index is 560. The predicted molar refractivity (Wildman–Crippen MR) is 73.2 cm³/mol. The second-order valence-electron chi connectivity index (χ2n) is 3.46. The van der Waals surface area contributed by atoms with E-state index in [2.05, 4.69) is 21.2 Å². The van der Waals surface area contributed by atoms with Gasteiger partial charge in [0.1, 0.15) is 5.82 Å². The second kappa shape index (κ2) is 4.94. The van der Waals surface area contributed by atoms with Gasteiger partial charge in [-0.05, 0) is 46.3 Å². The molecule has 2 aromatic carbocycles. The third-order valence-corrected chi connectivity index (χ3v) is 3.63. The topological polar surface area (TPSA) is 38.0 Å². The van der Waals surface area contributed by atoms with E-state index in [-0.39, 0.29) is 5.82 Å². The maximum atomic E-state index is 12.9. The number of hydrogen-bond donors (Lipinski definition) is 2. The maximum absolute atomic E-state index is 12.9. The van der Waals surface area contributed by atoms with Crippen LogP contribution in [0.4, 0.5) is 21.5 Å². The number of nitrogen functional groups attached to an aromatic ring is 1. The van der Waals surface area contributed by atoms with Gasteiger partial charge in [-0.3, -0.25) is 0 Å². The molecule has 5 heteroatoms. The monoisotopic (exact) mass is 314 g/mol. The summed E-state index contributed by atoms with van der Waals surface area (Å²) in [5, 5.41) is 3.68. The normalized spacial score (nSPS) is 10.3. The molecule has 0 heterocycles. The van der Waals surface area contributed by atoms with Crippen LogP contribution in [-0.4, -0.2) is 0 Å². The Morgan fingerprint density at radius 2 is 1.94 bits per heavy atom. The van der Waals surface area contributed by atoms with E-state index in [1.54, 1.807) is 12.1 Å². The summed E-state index contributed by atoms with van der Waals surface area (Å²) >= 11 is 9.33. The largest absolute Gasteiger partial charge is 0.397 e. The van der Waals surface area contributed by atoms with E-state index >= 15 is 0 Å². The highest BCUT2D eigenvalue weighted by Crippen LogP contribution is 2.33. The molecule has 0 bridgehead atoms. The molecule has 0 aromatic heterocycles. The summed E-state index contributed by atoms with van der Waals surface area (Å²) in [5.74, 6) is -0.363. The zero-order chi connectivity index (χ0) is 12.4. The van der Waals surface area contributed by atoms with Gasteiger partial charge in [-0.15, -0.1) is 0 Å². The van der Waals surface area contributed by atoms with Crippen LogP contribution < -0.4 is 11.1 Å². The molecule has 0 aliphatic rings. The fourth-order valence-electron chi connectivity index (χ4n) is 1.39. The average molecular weight is 316 g/mol. The Hall–Kier alpha value is -1.26. The third-order valence-electron chi connectivity index (χ3n) is 2.23. The van der Waals surface area contributed by atoms with Crippen LogP contribution in [0.25, 0.3) is 0 Å². The molecule has 0 aliphatic carbocycles. The first-order valence-electron chi connectivity index (χ1n) is 4.84. The van der Waals surface area contributed by atoms with Crippen molar-refractivity contribution in [3.63, 3.8) is 0 Å². The van der Waals surface area contributed by atoms with Crippen LogP contribution in [0.5, 0.6) is 0 Å². The van der Waals surface area contributed by atoms with E-state index in [1.165, 1.54) is 12.1 Å². The zero-order valence-corrected chi connectivity index (χ0v) is 11.0. The van der Waals surface area contributed by atoms with Gasteiger partial charge in [0.15, 0.2) is 0 Å². The zero-order valence-electron chi connectivity index (χ0n) is 8.68. The Labute approximate surface area is 112 Å². The van der Waals surface area contributed by atoms with Crippen LogP contribution in [0.2, 0.25) is 5.02 Å². The summed E-state index contributed by atoms with van der Waals surface area (Å²) in [5.41, 5.74) is 7.46. The van der Waals surface area contributed by atoms with Crippen molar-refractivity contribution in [2.45, 2.75) is 0 Å². The fourth-order valence-corrected chi connectivity index (χ4v) is 1.93. The Morgan fingerprint density at radius 1 is 1.18 bits per heavy atom. The molecule has 0 amide bonds. The molecule has 2 nitrogen and oxygen atoms in total. The van der Waals surface area contributed by atoms with Crippen LogP contribution in [0.1, 0.15) is 0 Å². The first-order chi connectivity index (χ1) is 8.08. The van der Waals surface area contributed by atoms with Crippen molar-refractivity contribution in [2.24, 2.45) is 0 Å². The van der Waals surface area contributed by atoms with Gasteiger partial charge in [0.05, 0.1) is 26.6 Å². The van der Waals surface area contributed by atoms with Crippen LogP contribution in [0.15, 0.2) is 40.9 Å². The number of hydrogen-bond acceptors (Lipinski definition) is 2. The van der Waals surface area contributed by atoms with Crippen molar-refractivity contribution in [2.75, 3.05) is 11.1 Å². The molecular weight excluding hydrogens is 307 g/mol. The van der Waals surface area contributed by atoms with E-state index in [0.29, 0.717) is 16.4 Å². The highest BCUT2D eigenvalue weighted by atomic mass is 79.9. The van der Waals surface area contributed by atoms with Crippen LogP contribution in [-0.2, 0) is 0 Å². The van der Waals surface area contributed by atoms with Crippen LogP contribution in [0, 0.1) is 5.82 Å². The van der Waals surface area contributed by atoms with Gasteiger partial charge in [0, 0.05) is 0 Å². The smallest absolute Gasteiger partial charge is 0.125 e. The Balaban J connectivity index is 2.35. The number of nitrogens with one attached hydrogen (secondary N) is 1. The predicted octanol–water partition coefficient (Wildman–Crippen LogP) is 4.57. The lowest BCUT2D eigenvalue weighted by atomic mass is 10.2. The van der Waals surface area contributed by atoms with Gasteiger partial charge in [-0.25, -0.2) is 4.39 Å². The lowest BCUT2D eigenvalue weighted by molar-refractivity contribution is 0.628. The second-order valence-corrected chi connectivity index (χ2v) is 4.66. The van der Waals surface area contributed by atoms with Crippen molar-refractivity contribution in [1.29, 1.82) is 0 Å². The van der Waals surface area contributed by atoms with E-state index in [4.69, 9.17) is 17.3 Å². The number of anilines is 3. The quantitative estimate of drug-likeness (QED) is 0.797. The van der Waals surface area contributed by atoms with Crippen LogP contribution in [0.3, 0.4) is 0 Å². The SMILES string of the molecule is Nc1cc(F)ccc1Nc1cccc(Cl)c1Br. The Morgan fingerprint density at radius 3 is 2.65 bits per heavy atom. The molecule has 2 rings (SSSR count). The lowest BCUT2D eigenvalue weighted by Crippen LogP contribution is -1.97. The van der Waals surface area contributed by atoms with Gasteiger partial charge in [0.25, 0.3) is 0 Å². The minimum absolute atomic E-state index is 0.344. The molecule has 3 N–H and O–H groups in total. The van der Waals surface area contributed by atoms with Crippen LogP contribution >= 0.6 is 27.5 Å². The molecule has 2 aromatic rings. The molecule has 0 atom stereocenters. The van der Waals surface area contributed by atoms with E-state index in [0.717, 1.165) is 10.2 Å². The van der Waals surface area contributed by atoms with Gasteiger partial charge in [-0.1, -0.05) is 17.7 Å². The van der Waals surface area contributed by atoms with Crippen molar-refractivity contribution in [3.05, 3.63) is 51.7 Å². The molecule has 0 saturated carbocycles. The number of rotatable bonds is 2. The van der Waals surface area contributed by atoms with Crippen molar-refractivity contribution in [1.82, 2.24) is 0 Å². The first kappa shape index (κ1) is 12.2. The first-order valence-corrected chi connectivity index (χ1v) is 6.01. The summed E-state index contributed by atoms with van der Waals surface area (Å²) in [6.07, 6.45) is 0. The van der Waals surface area contributed by atoms with Crippen molar-refractivity contribution in [3.8, 4) is 0 Å². The lowest BCUT2D eigenvalue weighted by Gasteiger charge is -2.11. The summed E-state index contributed by atoms with van der Waals surface area (Å²) < 4.78 is 13.6. The Kier molecular flexibility index (Phi) is 3.54. The molecular formula is C12H9BrClFN2. The average Bonchev–Trinajstić information content (AvgIpc) is 2.28. The van der Waals surface area contributed by atoms with E-state index < -0.39 is 0 Å². The third kappa shape index (κ3) is 2.70. The summed E-state index contributed by atoms with van der Waals surface area (Å²) in [6.45, 7) is 0. The molecule has 0 unspecified atom stereocenters. The standard InChI is InChI=1S/C12H9BrClFN2/c13-12-8(14)2-1-3-11(12)17-10-5-4-7(15)6-9(10)16/h1-6,17H,16H2. The highest BCUT2D eigenvalue weighted by molar-refractivity contribution is 9.10. The van der Waals surface area contributed by atoms with Gasteiger partial charge in [-0.2, -0.15) is 0 Å². The van der Waals surface area contributed by atoms with Gasteiger partial charge in [0.2, 0.25) is 0 Å². The maximum Gasteiger partial charge on any atom is 0.125 e. The van der Waals surface area contributed by atoms with Crippen molar-refractivity contribution < 1.29 is 4.39 Å². The van der Waals surface area contributed by atoms with E-state index in [1.807, 2.05) is 12.1 Å². The summed E-state index contributed by atoms with van der Waals surface area (Å²) in [7, 11) is 0. The summed E-state index contributed by atoms with van der Waals surface area (Å²) in [6, 6.07) is 9.62. The molecule has 88 valence electrons. The molecule has 0 saturated heterocycles.